The van der Waals surface area contributed by atoms with Crippen LogP contribution in [0.4, 0.5) is 4.39 Å². The number of halogens is 1. The summed E-state index contributed by atoms with van der Waals surface area (Å²) in [4.78, 5) is 11.2. The monoisotopic (exact) mass is 211 g/mol. The van der Waals surface area contributed by atoms with Crippen molar-refractivity contribution in [2.24, 2.45) is 0 Å². The summed E-state index contributed by atoms with van der Waals surface area (Å²) in [5, 5.41) is 2.69. The fourth-order valence-corrected chi connectivity index (χ4v) is 1.27. The third kappa shape index (κ3) is 3.67. The van der Waals surface area contributed by atoms with E-state index in [1.165, 1.54) is 19.2 Å². The standard InChI is InChI=1S/C11H14FNO2/c1-8(13-11(14)7-15-2)9-4-3-5-10(12)6-9/h3-6,8H,7H2,1-2H3,(H,13,14)/t8-/m1/s1. The number of nitrogens with one attached hydrogen (secondary N) is 1. The Bertz CT molecular complexity index is 341. The highest BCUT2D eigenvalue weighted by Gasteiger charge is 2.09. The van der Waals surface area contributed by atoms with Crippen LogP contribution >= 0.6 is 0 Å². The first kappa shape index (κ1) is 11.7. The van der Waals surface area contributed by atoms with Crippen molar-refractivity contribution >= 4 is 5.91 Å². The van der Waals surface area contributed by atoms with Gasteiger partial charge in [0.15, 0.2) is 0 Å². The number of benzene rings is 1. The molecule has 0 spiro atoms. The Hall–Kier alpha value is -1.42. The van der Waals surface area contributed by atoms with Crippen LogP contribution in [0.1, 0.15) is 18.5 Å². The summed E-state index contributed by atoms with van der Waals surface area (Å²) >= 11 is 0. The largest absolute Gasteiger partial charge is 0.375 e. The van der Waals surface area contributed by atoms with Gasteiger partial charge in [-0.2, -0.15) is 0 Å². The van der Waals surface area contributed by atoms with Gasteiger partial charge in [0.25, 0.3) is 0 Å². The lowest BCUT2D eigenvalue weighted by Gasteiger charge is -2.13. The fraction of sp³-hybridized carbons (Fsp3) is 0.364. The van der Waals surface area contributed by atoms with Gasteiger partial charge in [0.1, 0.15) is 12.4 Å². The van der Waals surface area contributed by atoms with Crippen LogP contribution in [-0.2, 0) is 9.53 Å². The molecule has 82 valence electrons. The molecule has 1 atom stereocenters. The van der Waals surface area contributed by atoms with E-state index >= 15 is 0 Å². The van der Waals surface area contributed by atoms with Crippen molar-refractivity contribution < 1.29 is 13.9 Å². The highest BCUT2D eigenvalue weighted by molar-refractivity contribution is 5.77. The first-order chi connectivity index (χ1) is 7.13. The number of carbonyl (C=O) groups excluding carboxylic acids is 1. The molecule has 0 saturated carbocycles. The van der Waals surface area contributed by atoms with Crippen LogP contribution in [-0.4, -0.2) is 19.6 Å². The second kappa shape index (κ2) is 5.46. The summed E-state index contributed by atoms with van der Waals surface area (Å²) in [7, 11) is 1.45. The van der Waals surface area contributed by atoms with Crippen LogP contribution < -0.4 is 5.32 Å². The Balaban J connectivity index is 2.60. The molecule has 3 nitrogen and oxygen atoms in total. The highest BCUT2D eigenvalue weighted by atomic mass is 19.1. The van der Waals surface area contributed by atoms with E-state index in [2.05, 4.69) is 10.1 Å². The molecule has 1 aromatic carbocycles. The zero-order valence-corrected chi connectivity index (χ0v) is 8.79. The molecular weight excluding hydrogens is 197 g/mol. The van der Waals surface area contributed by atoms with E-state index in [0.29, 0.717) is 0 Å². The van der Waals surface area contributed by atoms with Gasteiger partial charge in [0, 0.05) is 7.11 Å². The Morgan fingerprint density at radius 2 is 2.33 bits per heavy atom. The molecule has 0 radical (unpaired) electrons. The highest BCUT2D eigenvalue weighted by Crippen LogP contribution is 2.12. The molecule has 15 heavy (non-hydrogen) atoms. The topological polar surface area (TPSA) is 38.3 Å². The Morgan fingerprint density at radius 1 is 1.60 bits per heavy atom. The molecule has 0 saturated heterocycles. The van der Waals surface area contributed by atoms with Gasteiger partial charge in [-0.15, -0.1) is 0 Å². The van der Waals surface area contributed by atoms with E-state index < -0.39 is 0 Å². The number of carbonyl (C=O) groups is 1. The van der Waals surface area contributed by atoms with Crippen molar-refractivity contribution in [3.8, 4) is 0 Å². The molecule has 4 heteroatoms. The number of amides is 1. The van der Waals surface area contributed by atoms with E-state index in [-0.39, 0.29) is 24.4 Å². The summed E-state index contributed by atoms with van der Waals surface area (Å²) in [6, 6.07) is 5.93. The number of methoxy groups -OCH3 is 1. The first-order valence-electron chi connectivity index (χ1n) is 4.67. The van der Waals surface area contributed by atoms with Crippen molar-refractivity contribution in [3.63, 3.8) is 0 Å². The van der Waals surface area contributed by atoms with Crippen molar-refractivity contribution in [1.82, 2.24) is 5.32 Å². The smallest absolute Gasteiger partial charge is 0.246 e. The second-order valence-corrected chi connectivity index (χ2v) is 3.28. The van der Waals surface area contributed by atoms with Gasteiger partial charge in [-0.1, -0.05) is 12.1 Å². The zero-order valence-electron chi connectivity index (χ0n) is 8.79. The molecule has 0 fully saturated rings. The van der Waals surface area contributed by atoms with Crippen LogP contribution in [0.2, 0.25) is 0 Å². The lowest BCUT2D eigenvalue weighted by molar-refractivity contribution is -0.125. The van der Waals surface area contributed by atoms with Gasteiger partial charge in [-0.05, 0) is 24.6 Å². The zero-order chi connectivity index (χ0) is 11.3. The predicted molar refractivity (Wildman–Crippen MR) is 54.8 cm³/mol. The van der Waals surface area contributed by atoms with Gasteiger partial charge in [0.05, 0.1) is 6.04 Å². The maximum absolute atomic E-state index is 12.9. The molecule has 0 heterocycles. The van der Waals surface area contributed by atoms with Crippen molar-refractivity contribution in [1.29, 1.82) is 0 Å². The van der Waals surface area contributed by atoms with Gasteiger partial charge >= 0.3 is 0 Å². The molecule has 0 aliphatic carbocycles. The van der Waals surface area contributed by atoms with E-state index in [1.807, 2.05) is 0 Å². The third-order valence-electron chi connectivity index (χ3n) is 2.00. The van der Waals surface area contributed by atoms with Gasteiger partial charge in [-0.3, -0.25) is 4.79 Å². The van der Waals surface area contributed by atoms with Gasteiger partial charge < -0.3 is 10.1 Å². The van der Waals surface area contributed by atoms with E-state index in [1.54, 1.807) is 19.1 Å². The minimum atomic E-state index is -0.305. The van der Waals surface area contributed by atoms with Crippen molar-refractivity contribution in [3.05, 3.63) is 35.6 Å². The van der Waals surface area contributed by atoms with Crippen LogP contribution in [0.25, 0.3) is 0 Å². The van der Waals surface area contributed by atoms with Gasteiger partial charge in [-0.25, -0.2) is 4.39 Å². The van der Waals surface area contributed by atoms with Crippen molar-refractivity contribution in [2.45, 2.75) is 13.0 Å². The molecular formula is C11H14FNO2. The number of rotatable bonds is 4. The van der Waals surface area contributed by atoms with Gasteiger partial charge in [0.2, 0.25) is 5.91 Å². The molecule has 0 aromatic heterocycles. The summed E-state index contributed by atoms with van der Waals surface area (Å²) in [5.74, 6) is -0.519. The van der Waals surface area contributed by atoms with E-state index in [9.17, 15) is 9.18 Å². The fourth-order valence-electron chi connectivity index (χ4n) is 1.27. The van der Waals surface area contributed by atoms with E-state index in [4.69, 9.17) is 0 Å². The molecule has 0 aliphatic heterocycles. The van der Waals surface area contributed by atoms with Crippen LogP contribution in [0.5, 0.6) is 0 Å². The SMILES string of the molecule is COCC(=O)N[C@H](C)c1cccc(F)c1. The average Bonchev–Trinajstić information content (AvgIpc) is 2.18. The average molecular weight is 211 g/mol. The van der Waals surface area contributed by atoms with Crippen LogP contribution in [0.3, 0.4) is 0 Å². The Kier molecular flexibility index (Phi) is 4.24. The summed E-state index contributed by atoms with van der Waals surface area (Å²) < 4.78 is 17.6. The maximum atomic E-state index is 12.9. The van der Waals surface area contributed by atoms with Crippen LogP contribution in [0, 0.1) is 5.82 Å². The Labute approximate surface area is 88.2 Å². The number of ether oxygens (including phenoxy) is 1. The lowest BCUT2D eigenvalue weighted by atomic mass is 10.1. The maximum Gasteiger partial charge on any atom is 0.246 e. The second-order valence-electron chi connectivity index (χ2n) is 3.28. The third-order valence-corrected chi connectivity index (χ3v) is 2.00. The minimum Gasteiger partial charge on any atom is -0.375 e. The molecule has 1 N–H and O–H groups in total. The Morgan fingerprint density at radius 3 is 2.93 bits per heavy atom. The lowest BCUT2D eigenvalue weighted by Crippen LogP contribution is -2.29. The molecule has 1 rings (SSSR count). The summed E-state index contributed by atoms with van der Waals surface area (Å²) in [5.41, 5.74) is 0.736. The number of hydrogen-bond donors (Lipinski definition) is 1. The van der Waals surface area contributed by atoms with Crippen molar-refractivity contribution in [2.75, 3.05) is 13.7 Å². The quantitative estimate of drug-likeness (QED) is 0.822. The molecule has 1 amide bonds. The summed E-state index contributed by atoms with van der Waals surface area (Å²) in [6.07, 6.45) is 0. The minimum absolute atomic E-state index is 0.0135. The first-order valence-corrected chi connectivity index (χ1v) is 4.67. The molecule has 1 aromatic rings. The van der Waals surface area contributed by atoms with E-state index in [0.717, 1.165) is 5.56 Å². The number of hydrogen-bond acceptors (Lipinski definition) is 2. The molecule has 0 unspecified atom stereocenters. The summed E-state index contributed by atoms with van der Waals surface area (Å²) in [6.45, 7) is 1.81. The normalized spacial score (nSPS) is 12.2. The molecule has 0 aliphatic rings. The van der Waals surface area contributed by atoms with Crippen LogP contribution in [0.15, 0.2) is 24.3 Å². The molecule has 0 bridgehead atoms. The predicted octanol–water partition coefficient (Wildman–Crippen LogP) is 1.65.